The van der Waals surface area contributed by atoms with E-state index in [0.29, 0.717) is 31.9 Å². The average Bonchev–Trinajstić information content (AvgIpc) is 3.03. The minimum Gasteiger partial charge on any atom is -0.480 e. The maximum atomic E-state index is 12.8. The lowest BCUT2D eigenvalue weighted by Gasteiger charge is -2.28. The van der Waals surface area contributed by atoms with Crippen LogP contribution in [0.5, 0.6) is 0 Å². The fourth-order valence-electron chi connectivity index (χ4n) is 3.43. The van der Waals surface area contributed by atoms with Crippen molar-refractivity contribution >= 4 is 22.8 Å². The molecule has 0 aliphatic carbocycles. The van der Waals surface area contributed by atoms with Gasteiger partial charge in [-0.15, -0.1) is 0 Å². The highest BCUT2D eigenvalue weighted by Gasteiger charge is 2.32. The van der Waals surface area contributed by atoms with E-state index < -0.39 is 12.0 Å². The number of nitrogens with zero attached hydrogens (tertiary/aromatic N) is 1. The lowest BCUT2D eigenvalue weighted by molar-refractivity contribution is -0.142. The second-order valence-corrected chi connectivity index (χ2v) is 6.51. The second-order valence-electron chi connectivity index (χ2n) is 6.51. The first-order valence-corrected chi connectivity index (χ1v) is 8.80. The normalized spacial score (nSPS) is 18.6. The predicted octanol–water partition coefficient (Wildman–Crippen LogP) is 1.90. The van der Waals surface area contributed by atoms with Crippen LogP contribution in [-0.2, 0) is 20.8 Å². The molecule has 1 aromatic carbocycles. The van der Waals surface area contributed by atoms with Crippen LogP contribution in [0.2, 0.25) is 0 Å². The number of carboxylic acid groups (broad SMARTS) is 1. The van der Waals surface area contributed by atoms with Gasteiger partial charge in [0, 0.05) is 43.3 Å². The number of methoxy groups -OCH3 is 1. The quantitative estimate of drug-likeness (QED) is 0.787. The van der Waals surface area contributed by atoms with Gasteiger partial charge in [0.25, 0.3) is 5.91 Å². The van der Waals surface area contributed by atoms with Crippen molar-refractivity contribution in [2.75, 3.05) is 26.9 Å². The molecular weight excluding hydrogens is 336 g/mol. The van der Waals surface area contributed by atoms with Crippen molar-refractivity contribution in [1.82, 2.24) is 9.88 Å². The molecule has 1 amide bonds. The van der Waals surface area contributed by atoms with E-state index >= 15 is 0 Å². The number of nitrogens with one attached hydrogen (secondary N) is 1. The van der Waals surface area contributed by atoms with E-state index in [-0.39, 0.29) is 11.8 Å². The zero-order valence-corrected chi connectivity index (χ0v) is 14.8. The van der Waals surface area contributed by atoms with Crippen LogP contribution in [0.1, 0.15) is 23.2 Å². The Bertz CT molecular complexity index is 779. The number of carboxylic acids is 1. The van der Waals surface area contributed by atoms with Crippen molar-refractivity contribution in [2.24, 2.45) is 5.92 Å². The SMILES string of the molecule is COCCn1cc(C(=O)NC(C(=O)O)C2CCCOC2)c2ccccc21. The van der Waals surface area contributed by atoms with Crippen LogP contribution in [-0.4, -0.2) is 54.5 Å². The molecule has 1 aromatic heterocycles. The van der Waals surface area contributed by atoms with Gasteiger partial charge in [-0.2, -0.15) is 0 Å². The first kappa shape index (κ1) is 18.4. The summed E-state index contributed by atoms with van der Waals surface area (Å²) >= 11 is 0. The van der Waals surface area contributed by atoms with Crippen LogP contribution < -0.4 is 5.32 Å². The number of hydrogen-bond acceptors (Lipinski definition) is 4. The molecule has 2 unspecified atom stereocenters. The Hall–Kier alpha value is -2.38. The highest BCUT2D eigenvalue weighted by atomic mass is 16.5. The molecule has 0 radical (unpaired) electrons. The standard InChI is InChI=1S/C19H24N2O5/c1-25-10-8-21-11-15(14-6-2-3-7-16(14)21)18(22)20-17(19(23)24)13-5-4-9-26-12-13/h2-3,6-7,11,13,17H,4-5,8-10,12H2,1H3,(H,20,22)(H,23,24). The van der Waals surface area contributed by atoms with Crippen LogP contribution in [0.4, 0.5) is 0 Å². The molecule has 3 rings (SSSR count). The molecule has 140 valence electrons. The lowest BCUT2D eigenvalue weighted by atomic mass is 9.93. The number of rotatable bonds is 7. The van der Waals surface area contributed by atoms with E-state index in [0.717, 1.165) is 23.7 Å². The second kappa shape index (κ2) is 8.33. The molecule has 2 atom stereocenters. The summed E-state index contributed by atoms with van der Waals surface area (Å²) < 4.78 is 12.5. The number of carbonyl (C=O) groups is 2. The Labute approximate surface area is 151 Å². The number of benzene rings is 1. The molecule has 1 saturated heterocycles. The van der Waals surface area contributed by atoms with Crippen molar-refractivity contribution in [2.45, 2.75) is 25.4 Å². The molecule has 1 aliphatic heterocycles. The van der Waals surface area contributed by atoms with Crippen molar-refractivity contribution in [3.8, 4) is 0 Å². The Morgan fingerprint density at radius 3 is 2.92 bits per heavy atom. The molecule has 2 aromatic rings. The van der Waals surface area contributed by atoms with Crippen LogP contribution >= 0.6 is 0 Å². The van der Waals surface area contributed by atoms with E-state index in [1.54, 1.807) is 13.3 Å². The third-order valence-electron chi connectivity index (χ3n) is 4.79. The van der Waals surface area contributed by atoms with E-state index in [9.17, 15) is 14.7 Å². The van der Waals surface area contributed by atoms with Gasteiger partial charge in [-0.25, -0.2) is 4.79 Å². The fourth-order valence-corrected chi connectivity index (χ4v) is 3.43. The predicted molar refractivity (Wildman–Crippen MR) is 96.2 cm³/mol. The van der Waals surface area contributed by atoms with Gasteiger partial charge in [0.15, 0.2) is 0 Å². The first-order chi connectivity index (χ1) is 12.6. The summed E-state index contributed by atoms with van der Waals surface area (Å²) in [6.45, 7) is 2.14. The van der Waals surface area contributed by atoms with E-state index in [2.05, 4.69) is 5.32 Å². The number of fused-ring (bicyclic) bond motifs is 1. The van der Waals surface area contributed by atoms with Crippen LogP contribution in [0.25, 0.3) is 10.9 Å². The molecule has 1 aliphatic rings. The Kier molecular flexibility index (Phi) is 5.90. The summed E-state index contributed by atoms with van der Waals surface area (Å²) in [6, 6.07) is 6.62. The molecule has 26 heavy (non-hydrogen) atoms. The fraction of sp³-hybridized carbons (Fsp3) is 0.474. The van der Waals surface area contributed by atoms with E-state index in [4.69, 9.17) is 9.47 Å². The average molecular weight is 360 g/mol. The van der Waals surface area contributed by atoms with Gasteiger partial charge in [-0.1, -0.05) is 18.2 Å². The Morgan fingerprint density at radius 2 is 2.23 bits per heavy atom. The highest BCUT2D eigenvalue weighted by Crippen LogP contribution is 2.23. The maximum Gasteiger partial charge on any atom is 0.326 e. The third-order valence-corrected chi connectivity index (χ3v) is 4.79. The Balaban J connectivity index is 1.85. The minimum atomic E-state index is -1.03. The maximum absolute atomic E-state index is 12.8. The Morgan fingerprint density at radius 1 is 1.42 bits per heavy atom. The number of hydrogen-bond donors (Lipinski definition) is 2. The summed E-state index contributed by atoms with van der Waals surface area (Å²) in [6.07, 6.45) is 3.29. The van der Waals surface area contributed by atoms with Crippen LogP contribution in [0.15, 0.2) is 30.5 Å². The van der Waals surface area contributed by atoms with E-state index in [1.807, 2.05) is 28.8 Å². The number of aromatic nitrogens is 1. The molecule has 2 heterocycles. The van der Waals surface area contributed by atoms with Crippen molar-refractivity contribution in [3.05, 3.63) is 36.0 Å². The van der Waals surface area contributed by atoms with Gasteiger partial charge in [0.1, 0.15) is 6.04 Å². The van der Waals surface area contributed by atoms with Gasteiger partial charge in [0.05, 0.1) is 18.8 Å². The van der Waals surface area contributed by atoms with Crippen LogP contribution in [0, 0.1) is 5.92 Å². The molecule has 7 heteroatoms. The largest absolute Gasteiger partial charge is 0.480 e. The molecule has 0 saturated carbocycles. The topological polar surface area (TPSA) is 89.8 Å². The van der Waals surface area contributed by atoms with Crippen molar-refractivity contribution in [3.63, 3.8) is 0 Å². The van der Waals surface area contributed by atoms with Crippen LogP contribution in [0.3, 0.4) is 0 Å². The van der Waals surface area contributed by atoms with Gasteiger partial charge < -0.3 is 24.5 Å². The van der Waals surface area contributed by atoms with Gasteiger partial charge >= 0.3 is 5.97 Å². The van der Waals surface area contributed by atoms with Gasteiger partial charge in [0.2, 0.25) is 0 Å². The molecule has 2 N–H and O–H groups in total. The number of amides is 1. The number of carbonyl (C=O) groups excluding carboxylic acids is 1. The van der Waals surface area contributed by atoms with Crippen molar-refractivity contribution in [1.29, 1.82) is 0 Å². The molecule has 1 fully saturated rings. The summed E-state index contributed by atoms with van der Waals surface area (Å²) in [4.78, 5) is 24.5. The molecule has 0 spiro atoms. The lowest BCUT2D eigenvalue weighted by Crippen LogP contribution is -2.48. The number of ether oxygens (including phenoxy) is 2. The highest BCUT2D eigenvalue weighted by molar-refractivity contribution is 6.07. The van der Waals surface area contributed by atoms with Crippen molar-refractivity contribution < 1.29 is 24.2 Å². The van der Waals surface area contributed by atoms with E-state index in [1.165, 1.54) is 0 Å². The van der Waals surface area contributed by atoms with Gasteiger partial charge in [-0.3, -0.25) is 4.79 Å². The molecule has 7 nitrogen and oxygen atoms in total. The third kappa shape index (κ3) is 3.89. The zero-order valence-electron chi connectivity index (χ0n) is 14.8. The summed E-state index contributed by atoms with van der Waals surface area (Å²) in [5.74, 6) is -1.63. The smallest absolute Gasteiger partial charge is 0.326 e. The first-order valence-electron chi connectivity index (χ1n) is 8.80. The zero-order chi connectivity index (χ0) is 18.5. The summed E-state index contributed by atoms with van der Waals surface area (Å²) in [5, 5.41) is 13.1. The van der Waals surface area contributed by atoms with Gasteiger partial charge in [-0.05, 0) is 18.9 Å². The minimum absolute atomic E-state index is 0.216. The monoisotopic (exact) mass is 360 g/mol. The summed E-state index contributed by atoms with van der Waals surface area (Å²) in [5.41, 5.74) is 1.39. The molecule has 0 bridgehead atoms. The number of aliphatic carboxylic acids is 1. The molecular formula is C19H24N2O5. The number of para-hydroxylation sites is 1. The summed E-state index contributed by atoms with van der Waals surface area (Å²) in [7, 11) is 1.63.